The van der Waals surface area contributed by atoms with Gasteiger partial charge in [0.15, 0.2) is 0 Å². The molecule has 0 saturated carbocycles. The molecule has 4 nitrogen and oxygen atoms in total. The Bertz CT molecular complexity index is 397. The summed E-state index contributed by atoms with van der Waals surface area (Å²) in [5.74, 6) is 0.0409. The van der Waals surface area contributed by atoms with Crippen LogP contribution in [0.2, 0.25) is 0 Å². The SMILES string of the molecule is CC(=O)NC1CCN(c2cncc(Br)c2)C1. The smallest absolute Gasteiger partial charge is 0.217 e. The van der Waals surface area contributed by atoms with Crippen molar-refractivity contribution in [3.05, 3.63) is 22.9 Å². The molecule has 1 fully saturated rings. The lowest BCUT2D eigenvalue weighted by Gasteiger charge is -2.18. The molecule has 0 bridgehead atoms. The van der Waals surface area contributed by atoms with Gasteiger partial charge in [-0.05, 0) is 28.4 Å². The molecule has 1 aliphatic rings. The molecule has 16 heavy (non-hydrogen) atoms. The van der Waals surface area contributed by atoms with Crippen LogP contribution in [0, 0.1) is 0 Å². The number of amides is 1. The van der Waals surface area contributed by atoms with E-state index in [0.29, 0.717) is 0 Å². The monoisotopic (exact) mass is 283 g/mol. The fraction of sp³-hybridized carbons (Fsp3) is 0.455. The standard InChI is InChI=1S/C11H14BrN3O/c1-8(16)14-10-2-3-15(7-10)11-4-9(12)5-13-6-11/h4-6,10H,2-3,7H2,1H3,(H,14,16). The van der Waals surface area contributed by atoms with Crippen molar-refractivity contribution >= 4 is 27.5 Å². The average molecular weight is 284 g/mol. The Hall–Kier alpha value is -1.10. The van der Waals surface area contributed by atoms with Gasteiger partial charge < -0.3 is 10.2 Å². The molecule has 0 radical (unpaired) electrons. The highest BCUT2D eigenvalue weighted by molar-refractivity contribution is 9.10. The lowest BCUT2D eigenvalue weighted by atomic mass is 10.2. The van der Waals surface area contributed by atoms with Crippen LogP contribution in [-0.2, 0) is 4.79 Å². The topological polar surface area (TPSA) is 45.2 Å². The van der Waals surface area contributed by atoms with Crippen LogP contribution in [0.3, 0.4) is 0 Å². The summed E-state index contributed by atoms with van der Waals surface area (Å²) in [5.41, 5.74) is 1.10. The minimum Gasteiger partial charge on any atom is -0.368 e. The number of nitrogens with zero attached hydrogens (tertiary/aromatic N) is 2. The number of hydrogen-bond donors (Lipinski definition) is 1. The summed E-state index contributed by atoms with van der Waals surface area (Å²) in [6.07, 6.45) is 4.61. The number of pyridine rings is 1. The number of carbonyl (C=O) groups is 1. The van der Waals surface area contributed by atoms with Crippen molar-refractivity contribution in [2.24, 2.45) is 0 Å². The number of hydrogen-bond acceptors (Lipinski definition) is 3. The first kappa shape index (κ1) is 11.4. The van der Waals surface area contributed by atoms with Gasteiger partial charge in [0.05, 0.1) is 11.9 Å². The normalized spacial score (nSPS) is 19.9. The third kappa shape index (κ3) is 2.72. The predicted octanol–water partition coefficient (Wildman–Crippen LogP) is 1.56. The van der Waals surface area contributed by atoms with Crippen molar-refractivity contribution in [3.8, 4) is 0 Å². The summed E-state index contributed by atoms with van der Waals surface area (Å²) in [6.45, 7) is 3.38. The summed E-state index contributed by atoms with van der Waals surface area (Å²) < 4.78 is 0.980. The molecular formula is C11H14BrN3O. The number of rotatable bonds is 2. The molecule has 1 aromatic heterocycles. The number of nitrogens with one attached hydrogen (secondary N) is 1. The van der Waals surface area contributed by atoms with Crippen LogP contribution in [0.5, 0.6) is 0 Å². The van der Waals surface area contributed by atoms with Gasteiger partial charge in [-0.1, -0.05) is 0 Å². The van der Waals surface area contributed by atoms with Crippen molar-refractivity contribution in [1.29, 1.82) is 0 Å². The molecule has 1 aromatic rings. The molecule has 1 N–H and O–H groups in total. The minimum absolute atomic E-state index is 0.0409. The lowest BCUT2D eigenvalue weighted by molar-refractivity contribution is -0.119. The van der Waals surface area contributed by atoms with E-state index in [4.69, 9.17) is 0 Å². The second kappa shape index (κ2) is 4.82. The highest BCUT2D eigenvalue weighted by atomic mass is 79.9. The van der Waals surface area contributed by atoms with Gasteiger partial charge >= 0.3 is 0 Å². The Morgan fingerprint density at radius 3 is 3.12 bits per heavy atom. The summed E-state index contributed by atoms with van der Waals surface area (Å²) >= 11 is 3.41. The van der Waals surface area contributed by atoms with Crippen molar-refractivity contribution in [3.63, 3.8) is 0 Å². The first-order valence-corrected chi connectivity index (χ1v) is 6.07. The zero-order chi connectivity index (χ0) is 11.5. The summed E-state index contributed by atoms with van der Waals surface area (Å²) in [6, 6.07) is 2.31. The van der Waals surface area contributed by atoms with E-state index < -0.39 is 0 Å². The molecule has 0 spiro atoms. The second-order valence-electron chi connectivity index (χ2n) is 3.99. The maximum absolute atomic E-state index is 10.9. The van der Waals surface area contributed by atoms with Crippen LogP contribution in [0.15, 0.2) is 22.9 Å². The molecule has 5 heteroatoms. The molecular weight excluding hydrogens is 270 g/mol. The Morgan fingerprint density at radius 1 is 1.62 bits per heavy atom. The molecule has 1 saturated heterocycles. The molecule has 0 aromatic carbocycles. The molecule has 1 unspecified atom stereocenters. The zero-order valence-electron chi connectivity index (χ0n) is 9.11. The summed E-state index contributed by atoms with van der Waals surface area (Å²) in [5, 5.41) is 2.94. The average Bonchev–Trinajstić information content (AvgIpc) is 2.65. The highest BCUT2D eigenvalue weighted by Gasteiger charge is 2.23. The van der Waals surface area contributed by atoms with Gasteiger partial charge in [-0.15, -0.1) is 0 Å². The quantitative estimate of drug-likeness (QED) is 0.896. The summed E-state index contributed by atoms with van der Waals surface area (Å²) in [4.78, 5) is 17.3. The molecule has 1 atom stereocenters. The molecule has 2 rings (SSSR count). The van der Waals surface area contributed by atoms with E-state index in [0.717, 1.165) is 29.7 Å². The van der Waals surface area contributed by atoms with Crippen molar-refractivity contribution in [2.75, 3.05) is 18.0 Å². The van der Waals surface area contributed by atoms with E-state index in [2.05, 4.69) is 31.1 Å². The Balaban J connectivity index is 2.00. The number of aromatic nitrogens is 1. The van der Waals surface area contributed by atoms with E-state index in [1.807, 2.05) is 12.3 Å². The maximum atomic E-state index is 10.9. The van der Waals surface area contributed by atoms with E-state index in [1.54, 1.807) is 13.1 Å². The Kier molecular flexibility index (Phi) is 3.43. The van der Waals surface area contributed by atoms with Gasteiger partial charge in [0.1, 0.15) is 0 Å². The first-order chi connectivity index (χ1) is 7.65. The van der Waals surface area contributed by atoms with Crippen LogP contribution in [0.1, 0.15) is 13.3 Å². The fourth-order valence-corrected chi connectivity index (χ4v) is 2.33. The van der Waals surface area contributed by atoms with Crippen LogP contribution in [-0.4, -0.2) is 30.0 Å². The van der Waals surface area contributed by atoms with Gasteiger partial charge in [0.2, 0.25) is 5.91 Å². The first-order valence-electron chi connectivity index (χ1n) is 5.28. The minimum atomic E-state index is 0.0409. The molecule has 1 aliphatic heterocycles. The Morgan fingerprint density at radius 2 is 2.44 bits per heavy atom. The van der Waals surface area contributed by atoms with Gasteiger partial charge in [-0.25, -0.2) is 0 Å². The van der Waals surface area contributed by atoms with E-state index in [1.165, 1.54) is 0 Å². The molecule has 1 amide bonds. The van der Waals surface area contributed by atoms with Gasteiger partial charge in [-0.3, -0.25) is 9.78 Å². The lowest BCUT2D eigenvalue weighted by Crippen LogP contribution is -2.35. The second-order valence-corrected chi connectivity index (χ2v) is 4.91. The van der Waals surface area contributed by atoms with Crippen molar-refractivity contribution in [2.45, 2.75) is 19.4 Å². The van der Waals surface area contributed by atoms with Crippen LogP contribution >= 0.6 is 15.9 Å². The van der Waals surface area contributed by atoms with Gasteiger partial charge in [0, 0.05) is 36.7 Å². The number of anilines is 1. The fourth-order valence-electron chi connectivity index (χ4n) is 1.97. The Labute approximate surface area is 103 Å². The van der Waals surface area contributed by atoms with E-state index >= 15 is 0 Å². The van der Waals surface area contributed by atoms with Crippen LogP contribution in [0.25, 0.3) is 0 Å². The largest absolute Gasteiger partial charge is 0.368 e. The molecule has 2 heterocycles. The number of halogens is 1. The van der Waals surface area contributed by atoms with E-state index in [9.17, 15) is 4.79 Å². The molecule has 86 valence electrons. The van der Waals surface area contributed by atoms with Crippen molar-refractivity contribution in [1.82, 2.24) is 10.3 Å². The zero-order valence-corrected chi connectivity index (χ0v) is 10.7. The number of carbonyl (C=O) groups excluding carboxylic acids is 1. The predicted molar refractivity (Wildman–Crippen MR) is 66.4 cm³/mol. The molecule has 0 aliphatic carbocycles. The van der Waals surface area contributed by atoms with Gasteiger partial charge in [-0.2, -0.15) is 0 Å². The van der Waals surface area contributed by atoms with Crippen LogP contribution in [0.4, 0.5) is 5.69 Å². The van der Waals surface area contributed by atoms with Gasteiger partial charge in [0.25, 0.3) is 0 Å². The van der Waals surface area contributed by atoms with Crippen LogP contribution < -0.4 is 10.2 Å². The van der Waals surface area contributed by atoms with Crippen molar-refractivity contribution < 1.29 is 4.79 Å². The highest BCUT2D eigenvalue weighted by Crippen LogP contribution is 2.22. The maximum Gasteiger partial charge on any atom is 0.217 e. The third-order valence-electron chi connectivity index (χ3n) is 2.65. The van der Waals surface area contributed by atoms with E-state index in [-0.39, 0.29) is 11.9 Å². The third-order valence-corrected chi connectivity index (χ3v) is 3.08. The summed E-state index contributed by atoms with van der Waals surface area (Å²) in [7, 11) is 0.